The van der Waals surface area contributed by atoms with E-state index < -0.39 is 18.1 Å². The molecule has 26 heavy (non-hydrogen) atoms. The highest BCUT2D eigenvalue weighted by atomic mass is 19.4. The maximum atomic E-state index is 13.3. The monoisotopic (exact) mass is 361 g/mol. The first-order chi connectivity index (χ1) is 12.4. The topological polar surface area (TPSA) is 68.0 Å². The van der Waals surface area contributed by atoms with Crippen LogP contribution in [0.4, 0.5) is 13.2 Å². The molecule has 0 saturated heterocycles. The molecule has 0 radical (unpaired) electrons. The maximum Gasteiger partial charge on any atom is 0.414 e. The van der Waals surface area contributed by atoms with Crippen LogP contribution >= 0.6 is 0 Å². The number of carbonyl (C=O) groups is 1. The molecule has 5 nitrogen and oxygen atoms in total. The van der Waals surface area contributed by atoms with E-state index in [2.05, 4.69) is 10.1 Å². The van der Waals surface area contributed by atoms with E-state index in [4.69, 9.17) is 4.52 Å². The summed E-state index contributed by atoms with van der Waals surface area (Å²) in [5, 5.41) is 5.65. The molecule has 3 rings (SSSR count). The van der Waals surface area contributed by atoms with Crippen LogP contribution < -0.4 is 5.32 Å². The summed E-state index contributed by atoms with van der Waals surface area (Å²) < 4.78 is 44.7. The van der Waals surface area contributed by atoms with Crippen LogP contribution in [0.1, 0.15) is 33.5 Å². The second kappa shape index (κ2) is 7.38. The number of nitrogens with one attached hydrogen (secondary N) is 1. The molecule has 2 aromatic heterocycles. The molecule has 3 aromatic rings. The molecule has 134 valence electrons. The minimum atomic E-state index is -4.70. The number of aromatic nitrogens is 2. The fourth-order valence-electron chi connectivity index (χ4n) is 2.38. The van der Waals surface area contributed by atoms with Gasteiger partial charge in [0.1, 0.15) is 0 Å². The minimum absolute atomic E-state index is 0.291. The van der Waals surface area contributed by atoms with Crippen LogP contribution in [0.3, 0.4) is 0 Å². The molecule has 1 N–H and O–H groups in total. The van der Waals surface area contributed by atoms with Crippen LogP contribution in [0, 0.1) is 0 Å². The van der Waals surface area contributed by atoms with Crippen LogP contribution in [0.15, 0.2) is 65.3 Å². The number of nitrogens with zero attached hydrogens (tertiary/aromatic N) is 2. The van der Waals surface area contributed by atoms with Crippen molar-refractivity contribution < 1.29 is 22.5 Å². The van der Waals surface area contributed by atoms with Crippen LogP contribution in [-0.4, -0.2) is 22.2 Å². The van der Waals surface area contributed by atoms with E-state index in [0.717, 1.165) is 5.56 Å². The molecule has 1 amide bonds. The van der Waals surface area contributed by atoms with Gasteiger partial charge >= 0.3 is 6.18 Å². The molecule has 1 aromatic carbocycles. The lowest BCUT2D eigenvalue weighted by Gasteiger charge is -2.20. The molecular weight excluding hydrogens is 347 g/mol. The highest BCUT2D eigenvalue weighted by molar-refractivity contribution is 5.91. The number of pyridine rings is 1. The van der Waals surface area contributed by atoms with Crippen LogP contribution in [-0.2, 0) is 6.42 Å². The van der Waals surface area contributed by atoms with E-state index in [9.17, 15) is 18.0 Å². The molecule has 8 heteroatoms. The van der Waals surface area contributed by atoms with Crippen molar-refractivity contribution in [3.63, 3.8) is 0 Å². The Hall–Kier alpha value is -3.16. The summed E-state index contributed by atoms with van der Waals surface area (Å²) in [6.45, 7) is 0. The van der Waals surface area contributed by atoms with Gasteiger partial charge in [0.25, 0.3) is 5.91 Å². The molecule has 2 heterocycles. The largest absolute Gasteiger partial charge is 0.414 e. The van der Waals surface area contributed by atoms with E-state index in [1.54, 1.807) is 0 Å². The number of carbonyl (C=O) groups excluding carboxylic acids is 1. The van der Waals surface area contributed by atoms with Crippen LogP contribution in [0.5, 0.6) is 0 Å². The third-order valence-corrected chi connectivity index (χ3v) is 3.60. The van der Waals surface area contributed by atoms with Crippen molar-refractivity contribution in [2.45, 2.75) is 18.6 Å². The number of rotatable bonds is 5. The lowest BCUT2D eigenvalue weighted by atomic mass is 10.1. The van der Waals surface area contributed by atoms with Gasteiger partial charge in [-0.15, -0.1) is 0 Å². The molecule has 0 aliphatic carbocycles. The smallest absolute Gasteiger partial charge is 0.351 e. The summed E-state index contributed by atoms with van der Waals surface area (Å²) in [6.07, 6.45) is -3.07. The van der Waals surface area contributed by atoms with Gasteiger partial charge in [0.15, 0.2) is 6.04 Å². The van der Waals surface area contributed by atoms with Crippen molar-refractivity contribution in [2.24, 2.45) is 0 Å². The lowest BCUT2D eigenvalue weighted by molar-refractivity contribution is -0.156. The van der Waals surface area contributed by atoms with E-state index in [1.165, 1.54) is 30.5 Å². The van der Waals surface area contributed by atoms with Crippen molar-refractivity contribution >= 4 is 5.91 Å². The van der Waals surface area contributed by atoms with Gasteiger partial charge in [-0.05, 0) is 17.7 Å². The predicted molar refractivity (Wildman–Crippen MR) is 86.3 cm³/mol. The zero-order valence-electron chi connectivity index (χ0n) is 13.4. The zero-order valence-corrected chi connectivity index (χ0v) is 13.4. The maximum absolute atomic E-state index is 13.3. The fraction of sp³-hybridized carbons (Fsp3) is 0.167. The van der Waals surface area contributed by atoms with Gasteiger partial charge in [-0.25, -0.2) is 0 Å². The summed E-state index contributed by atoms with van der Waals surface area (Å²) in [5.74, 6) is -1.30. The Kier molecular flexibility index (Phi) is 5.01. The molecule has 0 bridgehead atoms. The normalized spacial score (nSPS) is 12.6. The molecule has 0 aliphatic rings. The lowest BCUT2D eigenvalue weighted by Crippen LogP contribution is -2.38. The first-order valence-electron chi connectivity index (χ1n) is 7.71. The number of hydrogen-bond donors (Lipinski definition) is 1. The van der Waals surface area contributed by atoms with Gasteiger partial charge in [-0.3, -0.25) is 9.78 Å². The van der Waals surface area contributed by atoms with Crippen molar-refractivity contribution in [1.82, 2.24) is 15.5 Å². The average molecular weight is 361 g/mol. The highest BCUT2D eigenvalue weighted by Gasteiger charge is 2.43. The third-order valence-electron chi connectivity index (χ3n) is 3.60. The number of hydrogen-bond acceptors (Lipinski definition) is 4. The Labute approximate surface area is 146 Å². The number of halogens is 3. The van der Waals surface area contributed by atoms with Crippen molar-refractivity contribution in [3.05, 3.63) is 83.5 Å². The quantitative estimate of drug-likeness (QED) is 0.753. The van der Waals surface area contributed by atoms with E-state index in [1.807, 2.05) is 35.6 Å². The Morgan fingerprint density at radius 3 is 2.50 bits per heavy atom. The Morgan fingerprint density at radius 2 is 1.85 bits per heavy atom. The van der Waals surface area contributed by atoms with Crippen LogP contribution in [0.25, 0.3) is 0 Å². The molecule has 0 saturated carbocycles. The van der Waals surface area contributed by atoms with Crippen molar-refractivity contribution in [3.8, 4) is 0 Å². The van der Waals surface area contributed by atoms with Crippen LogP contribution in [0.2, 0.25) is 0 Å². The predicted octanol–water partition coefficient (Wildman–Crippen LogP) is 3.69. The molecular formula is C18H14F3N3O2. The summed E-state index contributed by atoms with van der Waals surface area (Å²) >= 11 is 0. The van der Waals surface area contributed by atoms with E-state index >= 15 is 0 Å². The van der Waals surface area contributed by atoms with Gasteiger partial charge in [0, 0.05) is 18.7 Å². The number of benzene rings is 1. The number of amides is 1. The molecule has 0 spiro atoms. The van der Waals surface area contributed by atoms with Gasteiger partial charge in [0.2, 0.25) is 5.76 Å². The zero-order chi connectivity index (χ0) is 18.6. The van der Waals surface area contributed by atoms with Gasteiger partial charge < -0.3 is 9.84 Å². The summed E-state index contributed by atoms with van der Waals surface area (Å²) in [7, 11) is 0. The van der Waals surface area contributed by atoms with Gasteiger partial charge in [-0.1, -0.05) is 41.6 Å². The SMILES string of the molecule is O=C(NC(c1ccccn1)C(F)(F)F)c1cc(Cc2ccccc2)no1. The second-order valence-corrected chi connectivity index (χ2v) is 5.55. The highest BCUT2D eigenvalue weighted by Crippen LogP contribution is 2.31. The second-order valence-electron chi connectivity index (χ2n) is 5.55. The Balaban J connectivity index is 1.74. The third kappa shape index (κ3) is 4.27. The standard InChI is InChI=1S/C18H14F3N3O2/c19-18(20,21)16(14-8-4-5-9-22-14)23-17(25)15-11-13(24-26-15)10-12-6-2-1-3-7-12/h1-9,11,16H,10H2,(H,23,25). The molecule has 0 aliphatic heterocycles. The molecule has 1 unspecified atom stereocenters. The first-order valence-corrected chi connectivity index (χ1v) is 7.71. The average Bonchev–Trinajstić information content (AvgIpc) is 3.09. The molecule has 1 atom stereocenters. The minimum Gasteiger partial charge on any atom is -0.351 e. The van der Waals surface area contributed by atoms with Crippen molar-refractivity contribution in [2.75, 3.05) is 0 Å². The summed E-state index contributed by atoms with van der Waals surface area (Å²) in [5.41, 5.74) is 1.08. The van der Waals surface area contributed by atoms with Crippen molar-refractivity contribution in [1.29, 1.82) is 0 Å². The van der Waals surface area contributed by atoms with Gasteiger partial charge in [0.05, 0.1) is 11.4 Å². The fourth-order valence-corrected chi connectivity index (χ4v) is 2.38. The Bertz CT molecular complexity index is 864. The first kappa shape index (κ1) is 17.7. The molecule has 0 fully saturated rings. The van der Waals surface area contributed by atoms with E-state index in [-0.39, 0.29) is 11.5 Å². The summed E-state index contributed by atoms with van der Waals surface area (Å²) in [6, 6.07) is 12.5. The summed E-state index contributed by atoms with van der Waals surface area (Å²) in [4.78, 5) is 15.8. The van der Waals surface area contributed by atoms with Gasteiger partial charge in [-0.2, -0.15) is 13.2 Å². The Morgan fingerprint density at radius 1 is 1.12 bits per heavy atom. The van der Waals surface area contributed by atoms with E-state index in [0.29, 0.717) is 12.1 Å². The number of alkyl halides is 3.